The first kappa shape index (κ1) is 12.2. The first-order valence-electron chi connectivity index (χ1n) is 3.77. The number of halogens is 3. The van der Waals surface area contributed by atoms with Crippen LogP contribution in [0.4, 0.5) is 14.5 Å². The van der Waals surface area contributed by atoms with E-state index in [0.717, 1.165) is 0 Å². The molecule has 0 aliphatic carbocycles. The Kier molecular flexibility index (Phi) is 3.33. The number of carbonyl (C=O) groups is 1. The summed E-state index contributed by atoms with van der Waals surface area (Å²) < 4.78 is 24.8. The fourth-order valence-corrected chi connectivity index (χ4v) is 1.33. The van der Waals surface area contributed by atoms with E-state index in [4.69, 9.17) is 17.3 Å². The average Bonchev–Trinajstić information content (AvgIpc) is 2.15. The summed E-state index contributed by atoms with van der Waals surface area (Å²) in [4.78, 5) is 23.4. The standard InChI is InChI=1S/C7H4ClF2N3O3/c8-4-2(13(15)16)1-12-5(6(9)10)3(4)7(11)14/h1,6H,(H2,11,14). The monoisotopic (exact) mass is 251 g/mol. The molecule has 6 nitrogen and oxygen atoms in total. The molecule has 0 atom stereocenters. The number of aromatic nitrogens is 1. The second-order valence-electron chi connectivity index (χ2n) is 2.64. The van der Waals surface area contributed by atoms with Crippen LogP contribution in [0.25, 0.3) is 0 Å². The van der Waals surface area contributed by atoms with E-state index in [1.807, 2.05) is 0 Å². The first-order chi connectivity index (χ1) is 7.36. The molecule has 1 rings (SSSR count). The summed E-state index contributed by atoms with van der Waals surface area (Å²) in [5.74, 6) is -1.29. The lowest BCUT2D eigenvalue weighted by Crippen LogP contribution is -2.16. The Bertz CT molecular complexity index is 466. The van der Waals surface area contributed by atoms with Crippen LogP contribution >= 0.6 is 11.6 Å². The molecule has 1 aromatic rings. The van der Waals surface area contributed by atoms with Gasteiger partial charge >= 0.3 is 5.69 Å². The Labute approximate surface area is 92.2 Å². The van der Waals surface area contributed by atoms with Gasteiger partial charge in [-0.15, -0.1) is 0 Å². The Hall–Kier alpha value is -1.83. The van der Waals surface area contributed by atoms with Crippen molar-refractivity contribution in [3.05, 3.63) is 32.6 Å². The zero-order valence-corrected chi connectivity index (χ0v) is 8.24. The number of amides is 1. The molecule has 0 aliphatic rings. The molecular formula is C7H4ClF2N3O3. The fourth-order valence-electron chi connectivity index (χ4n) is 1.02. The lowest BCUT2D eigenvalue weighted by molar-refractivity contribution is -0.385. The summed E-state index contributed by atoms with van der Waals surface area (Å²) >= 11 is 5.43. The number of nitrogens with two attached hydrogens (primary N) is 1. The maximum absolute atomic E-state index is 12.4. The topological polar surface area (TPSA) is 99.1 Å². The number of alkyl halides is 2. The summed E-state index contributed by atoms with van der Waals surface area (Å²) in [6.45, 7) is 0. The summed E-state index contributed by atoms with van der Waals surface area (Å²) in [5, 5.41) is 9.69. The molecule has 0 aliphatic heterocycles. The molecule has 0 saturated heterocycles. The summed E-state index contributed by atoms with van der Waals surface area (Å²) in [7, 11) is 0. The van der Waals surface area contributed by atoms with Crippen LogP contribution in [-0.2, 0) is 0 Å². The first-order valence-corrected chi connectivity index (χ1v) is 4.14. The second kappa shape index (κ2) is 4.35. The molecule has 86 valence electrons. The molecule has 0 unspecified atom stereocenters. The second-order valence-corrected chi connectivity index (χ2v) is 3.02. The van der Waals surface area contributed by atoms with Gasteiger partial charge in [0.05, 0.1) is 10.5 Å². The van der Waals surface area contributed by atoms with Crippen LogP contribution < -0.4 is 5.73 Å². The SMILES string of the molecule is NC(=O)c1c(C(F)F)ncc([N+](=O)[O-])c1Cl. The molecule has 0 spiro atoms. The number of hydrogen-bond acceptors (Lipinski definition) is 4. The highest BCUT2D eigenvalue weighted by atomic mass is 35.5. The van der Waals surface area contributed by atoms with Gasteiger partial charge in [-0.2, -0.15) is 0 Å². The zero-order chi connectivity index (χ0) is 12.5. The predicted octanol–water partition coefficient (Wildman–Crippen LogP) is 1.68. The minimum Gasteiger partial charge on any atom is -0.365 e. The van der Waals surface area contributed by atoms with Crippen molar-refractivity contribution < 1.29 is 18.5 Å². The van der Waals surface area contributed by atoms with Crippen molar-refractivity contribution in [1.29, 1.82) is 0 Å². The number of rotatable bonds is 3. The van der Waals surface area contributed by atoms with Gasteiger partial charge in [0, 0.05) is 0 Å². The van der Waals surface area contributed by atoms with Crippen LogP contribution in [0.15, 0.2) is 6.20 Å². The number of primary amides is 1. The summed E-state index contributed by atoms with van der Waals surface area (Å²) in [6.07, 6.45) is -2.54. The Morgan fingerprint density at radius 1 is 1.62 bits per heavy atom. The van der Waals surface area contributed by atoms with Crippen molar-refractivity contribution in [2.75, 3.05) is 0 Å². The largest absolute Gasteiger partial charge is 0.365 e. The van der Waals surface area contributed by atoms with Crippen LogP contribution in [0.3, 0.4) is 0 Å². The highest BCUT2D eigenvalue weighted by Crippen LogP contribution is 2.32. The van der Waals surface area contributed by atoms with Crippen LogP contribution in [0.2, 0.25) is 5.02 Å². The maximum atomic E-state index is 12.4. The molecule has 1 aromatic heterocycles. The normalized spacial score (nSPS) is 10.5. The number of carbonyl (C=O) groups excluding carboxylic acids is 1. The molecule has 0 fully saturated rings. The van der Waals surface area contributed by atoms with Crippen LogP contribution in [0.5, 0.6) is 0 Å². The molecule has 1 heterocycles. The molecular weight excluding hydrogens is 248 g/mol. The molecule has 0 bridgehead atoms. The van der Waals surface area contributed by atoms with Gasteiger partial charge in [0.15, 0.2) is 0 Å². The average molecular weight is 252 g/mol. The van der Waals surface area contributed by atoms with E-state index in [0.29, 0.717) is 6.20 Å². The molecule has 16 heavy (non-hydrogen) atoms. The lowest BCUT2D eigenvalue weighted by atomic mass is 10.1. The van der Waals surface area contributed by atoms with E-state index < -0.39 is 39.2 Å². The van der Waals surface area contributed by atoms with Gasteiger partial charge in [-0.1, -0.05) is 11.6 Å². The van der Waals surface area contributed by atoms with Gasteiger partial charge in [0.1, 0.15) is 16.9 Å². The van der Waals surface area contributed by atoms with Crippen molar-refractivity contribution in [2.45, 2.75) is 6.43 Å². The van der Waals surface area contributed by atoms with Gasteiger partial charge in [0.25, 0.3) is 12.3 Å². The third kappa shape index (κ3) is 2.06. The van der Waals surface area contributed by atoms with Crippen LogP contribution in [-0.4, -0.2) is 15.8 Å². The van der Waals surface area contributed by atoms with E-state index in [-0.39, 0.29) is 0 Å². The van der Waals surface area contributed by atoms with Crippen LogP contribution in [0, 0.1) is 10.1 Å². The van der Waals surface area contributed by atoms with Crippen molar-refractivity contribution in [2.24, 2.45) is 5.73 Å². The third-order valence-electron chi connectivity index (χ3n) is 1.68. The molecule has 0 radical (unpaired) electrons. The predicted molar refractivity (Wildman–Crippen MR) is 49.4 cm³/mol. The molecule has 1 amide bonds. The molecule has 2 N–H and O–H groups in total. The van der Waals surface area contributed by atoms with Gasteiger partial charge in [0.2, 0.25) is 0 Å². The van der Waals surface area contributed by atoms with E-state index >= 15 is 0 Å². The molecule has 9 heteroatoms. The summed E-state index contributed by atoms with van der Waals surface area (Å²) in [6, 6.07) is 0. The third-order valence-corrected chi connectivity index (χ3v) is 2.06. The van der Waals surface area contributed by atoms with Crippen molar-refractivity contribution in [3.63, 3.8) is 0 Å². The van der Waals surface area contributed by atoms with E-state index in [1.165, 1.54) is 0 Å². The number of hydrogen-bond donors (Lipinski definition) is 1. The lowest BCUT2D eigenvalue weighted by Gasteiger charge is -2.06. The minimum atomic E-state index is -3.10. The van der Waals surface area contributed by atoms with Crippen molar-refractivity contribution in [3.8, 4) is 0 Å². The number of nitrogens with zero attached hydrogens (tertiary/aromatic N) is 2. The highest BCUT2D eigenvalue weighted by molar-refractivity contribution is 6.35. The van der Waals surface area contributed by atoms with Crippen molar-refractivity contribution >= 4 is 23.2 Å². The quantitative estimate of drug-likeness (QED) is 0.652. The molecule has 0 saturated carbocycles. The number of pyridine rings is 1. The zero-order valence-electron chi connectivity index (χ0n) is 7.49. The Morgan fingerprint density at radius 2 is 2.19 bits per heavy atom. The minimum absolute atomic E-state index is 0.552. The summed E-state index contributed by atoms with van der Waals surface area (Å²) in [5.41, 5.74) is 2.26. The highest BCUT2D eigenvalue weighted by Gasteiger charge is 2.27. The van der Waals surface area contributed by atoms with E-state index in [1.54, 1.807) is 0 Å². The maximum Gasteiger partial charge on any atom is 0.306 e. The van der Waals surface area contributed by atoms with Gasteiger partial charge < -0.3 is 5.73 Å². The fraction of sp³-hybridized carbons (Fsp3) is 0.143. The van der Waals surface area contributed by atoms with Gasteiger partial charge in [-0.3, -0.25) is 14.9 Å². The van der Waals surface area contributed by atoms with E-state index in [9.17, 15) is 23.7 Å². The van der Waals surface area contributed by atoms with Crippen LogP contribution in [0.1, 0.15) is 22.5 Å². The Balaban J connectivity index is 3.54. The van der Waals surface area contributed by atoms with Gasteiger partial charge in [-0.05, 0) is 0 Å². The molecule has 0 aromatic carbocycles. The smallest absolute Gasteiger partial charge is 0.306 e. The Morgan fingerprint density at radius 3 is 2.56 bits per heavy atom. The van der Waals surface area contributed by atoms with Gasteiger partial charge in [-0.25, -0.2) is 13.8 Å². The van der Waals surface area contributed by atoms with E-state index in [2.05, 4.69) is 4.98 Å². The number of nitro groups is 1. The van der Waals surface area contributed by atoms with Crippen molar-refractivity contribution in [1.82, 2.24) is 4.98 Å².